The van der Waals surface area contributed by atoms with Crippen LogP contribution in [-0.2, 0) is 11.3 Å². The van der Waals surface area contributed by atoms with Crippen molar-refractivity contribution in [3.05, 3.63) is 71.8 Å². The zero-order valence-corrected chi connectivity index (χ0v) is 13.5. The lowest BCUT2D eigenvalue weighted by molar-refractivity contribution is -0.192. The molecule has 0 atom stereocenters. The third-order valence-electron chi connectivity index (χ3n) is 2.99. The maximum Gasteiger partial charge on any atom is 0.490 e. The lowest BCUT2D eigenvalue weighted by atomic mass is 10.1. The average molecular weight is 367 g/mol. The van der Waals surface area contributed by atoms with E-state index in [4.69, 9.17) is 20.4 Å². The maximum absolute atomic E-state index is 11.9. The highest BCUT2D eigenvalue weighted by Gasteiger charge is 2.38. The van der Waals surface area contributed by atoms with Gasteiger partial charge in [-0.05, 0) is 35.4 Å². The first-order valence-electron chi connectivity index (χ1n) is 7.21. The summed E-state index contributed by atoms with van der Waals surface area (Å²) >= 11 is 0. The molecule has 2 aromatic carbocycles. The number of nitrogens with two attached hydrogens (primary N) is 1. The second-order valence-electron chi connectivity index (χ2n) is 4.87. The summed E-state index contributed by atoms with van der Waals surface area (Å²) in [5.41, 5.74) is 7.96. The molecule has 0 spiro atoms. The first kappa shape index (κ1) is 20.9. The average Bonchev–Trinajstić information content (AvgIpc) is 2.62. The number of ether oxygens (including phenoxy) is 1. The highest BCUT2D eigenvalue weighted by molar-refractivity contribution is 5.91. The molecular weight excluding hydrogens is 351 g/mol. The molecule has 2 rings (SSSR count). The van der Waals surface area contributed by atoms with Gasteiger partial charge in [0.1, 0.15) is 5.75 Å². The normalized spacial score (nSPS) is 10.3. The second-order valence-corrected chi connectivity index (χ2v) is 4.87. The number of hydrogen-bond acceptors (Lipinski definition) is 4. The van der Waals surface area contributed by atoms with Gasteiger partial charge in [-0.15, -0.1) is 0 Å². The summed E-state index contributed by atoms with van der Waals surface area (Å²) in [4.78, 5) is 20.8. The van der Waals surface area contributed by atoms with E-state index in [0.29, 0.717) is 17.9 Å². The van der Waals surface area contributed by atoms with Crippen molar-refractivity contribution < 1.29 is 32.6 Å². The van der Waals surface area contributed by atoms with Gasteiger partial charge in [0.25, 0.3) is 0 Å². The summed E-state index contributed by atoms with van der Waals surface area (Å²) in [5, 5.41) is 7.12. The van der Waals surface area contributed by atoms with Gasteiger partial charge in [0, 0.05) is 6.54 Å². The Morgan fingerprint density at radius 1 is 1.08 bits per heavy atom. The predicted molar refractivity (Wildman–Crippen MR) is 89.5 cm³/mol. The lowest BCUT2D eigenvalue weighted by Crippen LogP contribution is -2.21. The molecule has 0 aromatic heterocycles. The van der Waals surface area contributed by atoms with Crippen LogP contribution in [0.4, 0.5) is 13.2 Å². The highest BCUT2D eigenvalue weighted by Crippen LogP contribution is 2.15. The highest BCUT2D eigenvalue weighted by atomic mass is 19.4. The van der Waals surface area contributed by atoms with E-state index in [2.05, 4.69) is 6.58 Å². The molecule has 138 valence electrons. The molecule has 0 amide bonds. The number of esters is 1. The minimum Gasteiger partial charge on any atom is -0.475 e. The first-order valence-corrected chi connectivity index (χ1v) is 7.21. The molecule has 8 heteroatoms. The molecule has 0 heterocycles. The van der Waals surface area contributed by atoms with E-state index in [-0.39, 0.29) is 5.97 Å². The molecular formula is C18H16F3NO4. The standard InChI is InChI=1S/C16H15NO2.C2HF3O2/c1-2-12-5-9-15(10-6-12)19-16(18)14-7-3-13(11-17)4-8-14;3-2(4,5)1(6)7/h2-10H,1,11,17H2;(H,6,7). The number of halogens is 3. The first-order chi connectivity index (χ1) is 12.2. The molecule has 0 aliphatic rings. The van der Waals surface area contributed by atoms with Crippen molar-refractivity contribution >= 4 is 18.0 Å². The van der Waals surface area contributed by atoms with E-state index >= 15 is 0 Å². The molecule has 26 heavy (non-hydrogen) atoms. The van der Waals surface area contributed by atoms with E-state index in [1.807, 2.05) is 24.3 Å². The Balaban J connectivity index is 0.000000412. The molecule has 0 saturated heterocycles. The van der Waals surface area contributed by atoms with Crippen LogP contribution < -0.4 is 10.5 Å². The molecule has 0 saturated carbocycles. The SMILES string of the molecule is C=Cc1ccc(OC(=O)c2ccc(CN)cc2)cc1.O=C(O)C(F)(F)F. The van der Waals surface area contributed by atoms with Crippen molar-refractivity contribution in [3.63, 3.8) is 0 Å². The number of carbonyl (C=O) groups excluding carboxylic acids is 1. The molecule has 3 N–H and O–H groups in total. The van der Waals surface area contributed by atoms with E-state index in [1.165, 1.54) is 0 Å². The minimum absolute atomic E-state index is 0.380. The fourth-order valence-electron chi connectivity index (χ4n) is 1.61. The fraction of sp³-hybridized carbons (Fsp3) is 0.111. The molecule has 0 unspecified atom stereocenters. The van der Waals surface area contributed by atoms with Crippen LogP contribution in [0, 0.1) is 0 Å². The summed E-state index contributed by atoms with van der Waals surface area (Å²) < 4.78 is 37.0. The summed E-state index contributed by atoms with van der Waals surface area (Å²) in [7, 11) is 0. The van der Waals surface area contributed by atoms with Gasteiger partial charge >= 0.3 is 18.1 Å². The largest absolute Gasteiger partial charge is 0.490 e. The third-order valence-corrected chi connectivity index (χ3v) is 2.99. The van der Waals surface area contributed by atoms with Crippen molar-refractivity contribution in [3.8, 4) is 5.75 Å². The van der Waals surface area contributed by atoms with Crippen LogP contribution in [0.2, 0.25) is 0 Å². The van der Waals surface area contributed by atoms with E-state index < -0.39 is 12.1 Å². The van der Waals surface area contributed by atoms with Crippen LogP contribution >= 0.6 is 0 Å². The van der Waals surface area contributed by atoms with Gasteiger partial charge in [-0.2, -0.15) is 13.2 Å². The van der Waals surface area contributed by atoms with Gasteiger partial charge in [0.05, 0.1) is 5.56 Å². The number of aliphatic carboxylic acids is 1. The van der Waals surface area contributed by atoms with Crippen LogP contribution in [0.1, 0.15) is 21.5 Å². The third kappa shape index (κ3) is 6.78. The molecule has 0 fully saturated rings. The van der Waals surface area contributed by atoms with Gasteiger partial charge in [-0.1, -0.05) is 36.9 Å². The van der Waals surface area contributed by atoms with Crippen molar-refractivity contribution in [1.29, 1.82) is 0 Å². The van der Waals surface area contributed by atoms with Crippen molar-refractivity contribution in [2.24, 2.45) is 5.73 Å². The lowest BCUT2D eigenvalue weighted by Gasteiger charge is -2.05. The number of carboxylic acid groups (broad SMARTS) is 1. The Bertz CT molecular complexity index is 754. The number of carbonyl (C=O) groups is 2. The summed E-state index contributed by atoms with van der Waals surface area (Å²) in [5.74, 6) is -2.62. The minimum atomic E-state index is -5.08. The van der Waals surface area contributed by atoms with Gasteiger partial charge < -0.3 is 15.6 Å². The summed E-state index contributed by atoms with van der Waals surface area (Å²) in [6.07, 6.45) is -3.35. The Kier molecular flexibility index (Phi) is 7.54. The van der Waals surface area contributed by atoms with Crippen LogP contribution in [0.25, 0.3) is 6.08 Å². The van der Waals surface area contributed by atoms with Gasteiger partial charge in [0.2, 0.25) is 0 Å². The van der Waals surface area contributed by atoms with E-state index in [9.17, 15) is 18.0 Å². The van der Waals surface area contributed by atoms with E-state index in [1.54, 1.807) is 30.3 Å². The smallest absolute Gasteiger partial charge is 0.475 e. The maximum atomic E-state index is 11.9. The summed E-state index contributed by atoms with van der Waals surface area (Å²) in [6, 6.07) is 14.2. The Hall–Kier alpha value is -3.13. The molecule has 2 aromatic rings. The molecule has 0 aliphatic carbocycles. The van der Waals surface area contributed by atoms with Crippen molar-refractivity contribution in [2.45, 2.75) is 12.7 Å². The Morgan fingerprint density at radius 2 is 1.58 bits per heavy atom. The Morgan fingerprint density at radius 3 is 1.96 bits per heavy atom. The Labute approximate surface area is 147 Å². The van der Waals surface area contributed by atoms with Crippen LogP contribution in [-0.4, -0.2) is 23.2 Å². The quantitative estimate of drug-likeness (QED) is 0.636. The number of alkyl halides is 3. The molecule has 0 aliphatic heterocycles. The number of benzene rings is 2. The number of rotatable bonds is 4. The van der Waals surface area contributed by atoms with Gasteiger partial charge in [-0.3, -0.25) is 0 Å². The zero-order chi connectivity index (χ0) is 19.7. The zero-order valence-electron chi connectivity index (χ0n) is 13.5. The fourth-order valence-corrected chi connectivity index (χ4v) is 1.61. The molecule has 0 bridgehead atoms. The number of carboxylic acids is 1. The van der Waals surface area contributed by atoms with Crippen LogP contribution in [0.5, 0.6) is 5.75 Å². The van der Waals surface area contributed by atoms with E-state index in [0.717, 1.165) is 11.1 Å². The van der Waals surface area contributed by atoms with Gasteiger partial charge in [0.15, 0.2) is 0 Å². The molecule has 0 radical (unpaired) electrons. The van der Waals surface area contributed by atoms with Crippen molar-refractivity contribution in [2.75, 3.05) is 0 Å². The van der Waals surface area contributed by atoms with Crippen LogP contribution in [0.3, 0.4) is 0 Å². The van der Waals surface area contributed by atoms with Gasteiger partial charge in [-0.25, -0.2) is 9.59 Å². The summed E-state index contributed by atoms with van der Waals surface area (Å²) in [6.45, 7) is 4.12. The van der Waals surface area contributed by atoms with Crippen molar-refractivity contribution in [1.82, 2.24) is 0 Å². The molecule has 5 nitrogen and oxygen atoms in total. The predicted octanol–water partition coefficient (Wildman–Crippen LogP) is 3.64. The second kappa shape index (κ2) is 9.38. The topological polar surface area (TPSA) is 89.6 Å². The number of hydrogen-bond donors (Lipinski definition) is 2. The monoisotopic (exact) mass is 367 g/mol. The van der Waals surface area contributed by atoms with Crippen LogP contribution in [0.15, 0.2) is 55.1 Å².